The number of allylic oxidation sites excluding steroid dienone is 1. The highest BCUT2D eigenvalue weighted by atomic mass is 32.2. The summed E-state index contributed by atoms with van der Waals surface area (Å²) in [4.78, 5) is 12.5. The second-order valence-electron chi connectivity index (χ2n) is 7.01. The highest BCUT2D eigenvalue weighted by Crippen LogP contribution is 2.23. The lowest BCUT2D eigenvalue weighted by Gasteiger charge is -2.13. The van der Waals surface area contributed by atoms with E-state index in [-0.39, 0.29) is 11.7 Å². The molecule has 0 aliphatic carbocycles. The monoisotopic (exact) mass is 422 g/mol. The van der Waals surface area contributed by atoms with Gasteiger partial charge in [0.2, 0.25) is 5.91 Å². The molecule has 156 valence electrons. The van der Waals surface area contributed by atoms with Gasteiger partial charge in [0.25, 0.3) is 0 Å². The average molecular weight is 423 g/mol. The second-order valence-corrected chi connectivity index (χ2v) is 7.95. The van der Waals surface area contributed by atoms with Crippen molar-refractivity contribution in [2.45, 2.75) is 39.1 Å². The number of rotatable bonds is 9. The third-order valence-electron chi connectivity index (χ3n) is 4.49. The van der Waals surface area contributed by atoms with Crippen molar-refractivity contribution in [1.29, 1.82) is 0 Å². The van der Waals surface area contributed by atoms with Crippen molar-refractivity contribution in [2.24, 2.45) is 0 Å². The Morgan fingerprint density at radius 1 is 1.17 bits per heavy atom. The number of aryl methyl sites for hydroxylation is 3. The van der Waals surface area contributed by atoms with Gasteiger partial charge in [0, 0.05) is 12.2 Å². The largest absolute Gasteiger partial charge is 0.486 e. The Morgan fingerprint density at radius 3 is 2.53 bits per heavy atom. The first-order valence-corrected chi connectivity index (χ1v) is 10.7. The fourth-order valence-electron chi connectivity index (χ4n) is 3.19. The minimum Gasteiger partial charge on any atom is -0.486 e. The van der Waals surface area contributed by atoms with E-state index in [9.17, 15) is 4.79 Å². The summed E-state index contributed by atoms with van der Waals surface area (Å²) in [5.74, 6) is 1.61. The number of para-hydroxylation sites is 1. The Morgan fingerprint density at radius 2 is 1.87 bits per heavy atom. The third-order valence-corrected chi connectivity index (χ3v) is 5.46. The summed E-state index contributed by atoms with van der Waals surface area (Å²) in [5.41, 5.74) is 4.16. The van der Waals surface area contributed by atoms with Crippen molar-refractivity contribution in [1.82, 2.24) is 14.8 Å². The summed E-state index contributed by atoms with van der Waals surface area (Å²) >= 11 is 1.35. The van der Waals surface area contributed by atoms with Crippen LogP contribution >= 0.6 is 11.8 Å². The van der Waals surface area contributed by atoms with E-state index in [1.165, 1.54) is 17.3 Å². The highest BCUT2D eigenvalue weighted by molar-refractivity contribution is 7.99. The van der Waals surface area contributed by atoms with Gasteiger partial charge in [-0.25, -0.2) is 0 Å². The molecule has 1 N–H and O–H groups in total. The van der Waals surface area contributed by atoms with Crippen molar-refractivity contribution in [3.8, 4) is 5.75 Å². The standard InChI is InChI=1S/C23H26N4O2S/c1-5-11-27-20(14-29-19-9-7-6-8-10-19)25-26-23(27)30-15-21(28)24-22-17(3)12-16(2)13-18(22)4/h5-10,12-13H,1,11,14-15H2,2-4H3,(H,24,28). The molecular formula is C23H26N4O2S. The number of carbonyl (C=O) groups excluding carboxylic acids is 1. The van der Waals surface area contributed by atoms with Crippen LogP contribution in [0.4, 0.5) is 5.69 Å². The summed E-state index contributed by atoms with van der Waals surface area (Å²) in [6.45, 7) is 10.7. The van der Waals surface area contributed by atoms with Crippen LogP contribution < -0.4 is 10.1 Å². The molecule has 2 aromatic carbocycles. The molecule has 3 rings (SSSR count). The number of nitrogens with zero attached hydrogens (tertiary/aromatic N) is 3. The molecule has 0 unspecified atom stereocenters. The molecule has 6 nitrogen and oxygen atoms in total. The zero-order chi connectivity index (χ0) is 21.5. The van der Waals surface area contributed by atoms with Gasteiger partial charge in [-0.2, -0.15) is 0 Å². The molecule has 7 heteroatoms. The smallest absolute Gasteiger partial charge is 0.234 e. The fraction of sp³-hybridized carbons (Fsp3) is 0.261. The number of thioether (sulfide) groups is 1. The summed E-state index contributed by atoms with van der Waals surface area (Å²) in [7, 11) is 0. The number of nitrogens with one attached hydrogen (secondary N) is 1. The third kappa shape index (κ3) is 5.51. The lowest BCUT2D eigenvalue weighted by Crippen LogP contribution is -2.16. The van der Waals surface area contributed by atoms with E-state index in [4.69, 9.17) is 4.74 Å². The van der Waals surface area contributed by atoms with Crippen LogP contribution in [0, 0.1) is 20.8 Å². The predicted molar refractivity (Wildman–Crippen MR) is 121 cm³/mol. The Bertz CT molecular complexity index is 1010. The summed E-state index contributed by atoms with van der Waals surface area (Å²) in [5, 5.41) is 12.2. The average Bonchev–Trinajstić information content (AvgIpc) is 3.10. The van der Waals surface area contributed by atoms with Gasteiger partial charge in [0.15, 0.2) is 11.0 Å². The normalized spacial score (nSPS) is 10.6. The van der Waals surface area contributed by atoms with Gasteiger partial charge in [0.05, 0.1) is 5.75 Å². The predicted octanol–water partition coefficient (Wildman–Crippen LogP) is 4.70. The maximum Gasteiger partial charge on any atom is 0.234 e. The number of benzene rings is 2. The van der Waals surface area contributed by atoms with Crippen LogP contribution in [-0.2, 0) is 17.9 Å². The van der Waals surface area contributed by atoms with E-state index in [0.29, 0.717) is 24.1 Å². The summed E-state index contributed by atoms with van der Waals surface area (Å²) < 4.78 is 7.70. The fourth-order valence-corrected chi connectivity index (χ4v) is 3.96. The van der Waals surface area contributed by atoms with Crippen molar-refractivity contribution in [3.05, 3.63) is 77.6 Å². The van der Waals surface area contributed by atoms with Gasteiger partial charge in [-0.05, 0) is 44.0 Å². The van der Waals surface area contributed by atoms with Crippen LogP contribution in [0.2, 0.25) is 0 Å². The Balaban J connectivity index is 1.64. The van der Waals surface area contributed by atoms with Crippen LogP contribution in [0.15, 0.2) is 60.3 Å². The molecule has 3 aromatic rings. The Labute approximate surface area is 181 Å². The number of anilines is 1. The van der Waals surface area contributed by atoms with E-state index in [2.05, 4.69) is 34.2 Å². The van der Waals surface area contributed by atoms with Crippen LogP contribution in [0.1, 0.15) is 22.5 Å². The van der Waals surface area contributed by atoms with Gasteiger partial charge < -0.3 is 10.1 Å². The van der Waals surface area contributed by atoms with Crippen molar-refractivity contribution >= 4 is 23.4 Å². The van der Waals surface area contributed by atoms with Crippen molar-refractivity contribution in [2.75, 3.05) is 11.1 Å². The van der Waals surface area contributed by atoms with Crippen molar-refractivity contribution < 1.29 is 9.53 Å². The highest BCUT2D eigenvalue weighted by Gasteiger charge is 2.15. The van der Waals surface area contributed by atoms with Crippen LogP contribution in [0.3, 0.4) is 0 Å². The quantitative estimate of drug-likeness (QED) is 0.400. The number of amides is 1. The Hall–Kier alpha value is -3.06. The molecule has 0 fully saturated rings. The molecule has 1 heterocycles. The summed E-state index contributed by atoms with van der Waals surface area (Å²) in [6.07, 6.45) is 1.78. The number of aromatic nitrogens is 3. The molecule has 0 radical (unpaired) electrons. The molecule has 0 saturated carbocycles. The second kappa shape index (κ2) is 10.1. The van der Waals surface area contributed by atoms with E-state index in [1.807, 2.05) is 55.7 Å². The van der Waals surface area contributed by atoms with Gasteiger partial charge >= 0.3 is 0 Å². The zero-order valence-corrected chi connectivity index (χ0v) is 18.3. The van der Waals surface area contributed by atoms with Gasteiger partial charge in [0.1, 0.15) is 12.4 Å². The Kier molecular flexibility index (Phi) is 7.30. The molecular weight excluding hydrogens is 396 g/mol. The van der Waals surface area contributed by atoms with Gasteiger partial charge in [-0.1, -0.05) is 53.7 Å². The molecule has 0 atom stereocenters. The molecule has 0 saturated heterocycles. The molecule has 0 aliphatic heterocycles. The minimum absolute atomic E-state index is 0.0784. The van der Waals surface area contributed by atoms with Crippen LogP contribution in [0.5, 0.6) is 5.75 Å². The molecule has 0 spiro atoms. The first kappa shape index (κ1) is 21.6. The molecule has 1 aromatic heterocycles. The zero-order valence-electron chi connectivity index (χ0n) is 17.5. The molecule has 30 heavy (non-hydrogen) atoms. The summed E-state index contributed by atoms with van der Waals surface area (Å²) in [6, 6.07) is 13.7. The number of hydrogen-bond acceptors (Lipinski definition) is 5. The van der Waals surface area contributed by atoms with E-state index >= 15 is 0 Å². The number of hydrogen-bond donors (Lipinski definition) is 1. The van der Waals surface area contributed by atoms with Gasteiger partial charge in [-0.3, -0.25) is 9.36 Å². The molecule has 0 bridgehead atoms. The first-order valence-electron chi connectivity index (χ1n) is 9.69. The molecule has 1 amide bonds. The number of ether oxygens (including phenoxy) is 1. The maximum atomic E-state index is 12.5. The van der Waals surface area contributed by atoms with Gasteiger partial charge in [-0.15, -0.1) is 16.8 Å². The van der Waals surface area contributed by atoms with E-state index < -0.39 is 0 Å². The SMILES string of the molecule is C=CCn1c(COc2ccccc2)nnc1SCC(=O)Nc1c(C)cc(C)cc1C. The topological polar surface area (TPSA) is 69.0 Å². The maximum absolute atomic E-state index is 12.5. The van der Waals surface area contributed by atoms with Crippen LogP contribution in [-0.4, -0.2) is 26.4 Å². The minimum atomic E-state index is -0.0784. The molecule has 0 aliphatic rings. The van der Waals surface area contributed by atoms with Crippen LogP contribution in [0.25, 0.3) is 0 Å². The van der Waals surface area contributed by atoms with E-state index in [1.54, 1.807) is 6.08 Å². The van der Waals surface area contributed by atoms with Crippen molar-refractivity contribution in [3.63, 3.8) is 0 Å². The number of carbonyl (C=O) groups is 1. The van der Waals surface area contributed by atoms with E-state index in [0.717, 1.165) is 22.6 Å². The lowest BCUT2D eigenvalue weighted by molar-refractivity contribution is -0.113. The first-order chi connectivity index (χ1) is 14.5. The lowest BCUT2D eigenvalue weighted by atomic mass is 10.1.